The molecule has 1 heterocycles. The SMILES string of the molecule is CCCCc1ccc(N2CC(C(=O)Nc3ccccc3CC(=O)O)CC2=O)cc1. The van der Waals surface area contributed by atoms with E-state index in [9.17, 15) is 14.4 Å². The van der Waals surface area contributed by atoms with E-state index in [1.165, 1.54) is 5.56 Å². The Morgan fingerprint density at radius 1 is 1.14 bits per heavy atom. The van der Waals surface area contributed by atoms with Crippen LogP contribution in [-0.2, 0) is 27.2 Å². The topological polar surface area (TPSA) is 86.7 Å². The fourth-order valence-corrected chi connectivity index (χ4v) is 3.55. The Balaban J connectivity index is 1.65. The van der Waals surface area contributed by atoms with Crippen LogP contribution >= 0.6 is 0 Å². The lowest BCUT2D eigenvalue weighted by atomic mass is 10.1. The number of benzene rings is 2. The van der Waals surface area contributed by atoms with Gasteiger partial charge in [-0.2, -0.15) is 0 Å². The van der Waals surface area contributed by atoms with Crippen molar-refractivity contribution in [3.8, 4) is 0 Å². The molecule has 2 aromatic rings. The molecular formula is C23H26N2O4. The predicted octanol–water partition coefficient (Wildman–Crippen LogP) is 3.65. The zero-order valence-corrected chi connectivity index (χ0v) is 16.6. The average Bonchev–Trinajstić information content (AvgIpc) is 3.10. The van der Waals surface area contributed by atoms with Gasteiger partial charge in [0.15, 0.2) is 0 Å². The van der Waals surface area contributed by atoms with Crippen molar-refractivity contribution < 1.29 is 19.5 Å². The highest BCUT2D eigenvalue weighted by atomic mass is 16.4. The fourth-order valence-electron chi connectivity index (χ4n) is 3.55. The maximum absolute atomic E-state index is 12.7. The molecule has 6 heteroatoms. The molecule has 0 saturated carbocycles. The quantitative estimate of drug-likeness (QED) is 0.716. The van der Waals surface area contributed by atoms with Gasteiger partial charge >= 0.3 is 5.97 Å². The Labute approximate surface area is 170 Å². The molecule has 0 radical (unpaired) electrons. The number of unbranched alkanes of at least 4 members (excludes halogenated alkanes) is 1. The zero-order chi connectivity index (χ0) is 20.8. The molecule has 3 rings (SSSR count). The number of amides is 2. The number of hydrogen-bond acceptors (Lipinski definition) is 3. The molecule has 0 spiro atoms. The molecule has 0 bridgehead atoms. The van der Waals surface area contributed by atoms with Crippen LogP contribution in [0.25, 0.3) is 0 Å². The normalized spacial score (nSPS) is 16.1. The van der Waals surface area contributed by atoms with E-state index in [4.69, 9.17) is 5.11 Å². The van der Waals surface area contributed by atoms with Crippen molar-refractivity contribution in [2.45, 2.75) is 39.0 Å². The second kappa shape index (κ2) is 9.37. The molecule has 2 amide bonds. The number of para-hydroxylation sites is 1. The lowest BCUT2D eigenvalue weighted by Gasteiger charge is -2.17. The van der Waals surface area contributed by atoms with Crippen molar-refractivity contribution >= 4 is 29.2 Å². The van der Waals surface area contributed by atoms with E-state index in [-0.39, 0.29) is 24.7 Å². The third kappa shape index (κ3) is 5.22. The zero-order valence-electron chi connectivity index (χ0n) is 16.6. The van der Waals surface area contributed by atoms with Crippen LogP contribution in [0.5, 0.6) is 0 Å². The molecular weight excluding hydrogens is 368 g/mol. The summed E-state index contributed by atoms with van der Waals surface area (Å²) in [5.74, 6) is -1.78. The van der Waals surface area contributed by atoms with E-state index < -0.39 is 11.9 Å². The Kier molecular flexibility index (Phi) is 6.65. The summed E-state index contributed by atoms with van der Waals surface area (Å²) in [6.07, 6.45) is 3.26. The average molecular weight is 394 g/mol. The number of nitrogens with one attached hydrogen (secondary N) is 1. The number of aryl methyl sites for hydroxylation is 1. The molecule has 0 aromatic heterocycles. The summed E-state index contributed by atoms with van der Waals surface area (Å²) in [4.78, 5) is 37.9. The highest BCUT2D eigenvalue weighted by Gasteiger charge is 2.35. The van der Waals surface area contributed by atoms with Crippen molar-refractivity contribution in [1.29, 1.82) is 0 Å². The molecule has 1 saturated heterocycles. The van der Waals surface area contributed by atoms with E-state index in [0.29, 0.717) is 17.8 Å². The minimum absolute atomic E-state index is 0.0784. The first kappa shape index (κ1) is 20.6. The summed E-state index contributed by atoms with van der Waals surface area (Å²) in [6.45, 7) is 2.47. The van der Waals surface area contributed by atoms with E-state index in [2.05, 4.69) is 12.2 Å². The smallest absolute Gasteiger partial charge is 0.307 e. The van der Waals surface area contributed by atoms with Gasteiger partial charge in [-0.15, -0.1) is 0 Å². The van der Waals surface area contributed by atoms with Gasteiger partial charge in [0.1, 0.15) is 0 Å². The minimum atomic E-state index is -0.962. The van der Waals surface area contributed by atoms with Crippen LogP contribution in [0.1, 0.15) is 37.3 Å². The Morgan fingerprint density at radius 2 is 1.86 bits per heavy atom. The third-order valence-electron chi connectivity index (χ3n) is 5.18. The van der Waals surface area contributed by atoms with Gasteiger partial charge in [0.2, 0.25) is 11.8 Å². The van der Waals surface area contributed by atoms with Crippen LogP contribution in [0.2, 0.25) is 0 Å². The van der Waals surface area contributed by atoms with Gasteiger partial charge in [-0.1, -0.05) is 43.7 Å². The van der Waals surface area contributed by atoms with Crippen molar-refractivity contribution in [3.63, 3.8) is 0 Å². The number of carboxylic acid groups (broad SMARTS) is 1. The third-order valence-corrected chi connectivity index (χ3v) is 5.18. The molecule has 6 nitrogen and oxygen atoms in total. The molecule has 1 unspecified atom stereocenters. The second-order valence-electron chi connectivity index (χ2n) is 7.39. The first-order chi connectivity index (χ1) is 14.0. The number of aliphatic carboxylic acids is 1. The van der Waals surface area contributed by atoms with Crippen LogP contribution in [0, 0.1) is 5.92 Å². The van der Waals surface area contributed by atoms with Crippen LogP contribution in [0.15, 0.2) is 48.5 Å². The van der Waals surface area contributed by atoms with E-state index in [0.717, 1.165) is 24.9 Å². The largest absolute Gasteiger partial charge is 0.481 e. The Bertz CT molecular complexity index is 892. The summed E-state index contributed by atoms with van der Waals surface area (Å²) in [5, 5.41) is 11.8. The van der Waals surface area contributed by atoms with Gasteiger partial charge < -0.3 is 15.3 Å². The highest BCUT2D eigenvalue weighted by molar-refractivity contribution is 6.03. The maximum Gasteiger partial charge on any atom is 0.307 e. The molecule has 1 fully saturated rings. The monoisotopic (exact) mass is 394 g/mol. The van der Waals surface area contributed by atoms with Crippen molar-refractivity contribution in [3.05, 3.63) is 59.7 Å². The minimum Gasteiger partial charge on any atom is -0.481 e. The predicted molar refractivity (Wildman–Crippen MR) is 112 cm³/mol. The van der Waals surface area contributed by atoms with Crippen molar-refractivity contribution in [2.75, 3.05) is 16.8 Å². The Morgan fingerprint density at radius 3 is 2.55 bits per heavy atom. The second-order valence-corrected chi connectivity index (χ2v) is 7.39. The van der Waals surface area contributed by atoms with Gasteiger partial charge in [0, 0.05) is 24.3 Å². The van der Waals surface area contributed by atoms with Crippen LogP contribution in [-0.4, -0.2) is 29.4 Å². The number of anilines is 2. The van der Waals surface area contributed by atoms with Crippen LogP contribution < -0.4 is 10.2 Å². The molecule has 2 N–H and O–H groups in total. The van der Waals surface area contributed by atoms with Gasteiger partial charge in [0.25, 0.3) is 0 Å². The summed E-state index contributed by atoms with van der Waals surface area (Å²) < 4.78 is 0. The molecule has 152 valence electrons. The first-order valence-electron chi connectivity index (χ1n) is 9.97. The Hall–Kier alpha value is -3.15. The molecule has 29 heavy (non-hydrogen) atoms. The number of carbonyl (C=O) groups excluding carboxylic acids is 2. The molecule has 2 aromatic carbocycles. The van der Waals surface area contributed by atoms with E-state index in [1.54, 1.807) is 29.2 Å². The summed E-state index contributed by atoms with van der Waals surface area (Å²) in [5.41, 5.74) is 3.06. The number of carbonyl (C=O) groups is 3. The van der Waals surface area contributed by atoms with Crippen LogP contribution in [0.4, 0.5) is 11.4 Å². The maximum atomic E-state index is 12.7. The standard InChI is InChI=1S/C23H26N2O4/c1-2-3-6-16-9-11-19(12-10-16)25-15-18(13-21(25)26)23(29)24-20-8-5-4-7-17(20)14-22(27)28/h4-5,7-12,18H,2-3,6,13-15H2,1H3,(H,24,29)(H,27,28). The van der Waals surface area contributed by atoms with Crippen molar-refractivity contribution in [2.24, 2.45) is 5.92 Å². The number of carboxylic acids is 1. The fraction of sp³-hybridized carbons (Fsp3) is 0.348. The van der Waals surface area contributed by atoms with Crippen LogP contribution in [0.3, 0.4) is 0 Å². The lowest BCUT2D eigenvalue weighted by Crippen LogP contribution is -2.28. The molecule has 0 aliphatic carbocycles. The first-order valence-corrected chi connectivity index (χ1v) is 9.97. The van der Waals surface area contributed by atoms with Gasteiger partial charge in [-0.3, -0.25) is 14.4 Å². The summed E-state index contributed by atoms with van der Waals surface area (Å²) in [6, 6.07) is 14.8. The molecule has 1 aliphatic rings. The van der Waals surface area contributed by atoms with Crippen molar-refractivity contribution in [1.82, 2.24) is 0 Å². The van der Waals surface area contributed by atoms with E-state index >= 15 is 0 Å². The molecule has 1 aliphatic heterocycles. The van der Waals surface area contributed by atoms with E-state index in [1.807, 2.05) is 24.3 Å². The summed E-state index contributed by atoms with van der Waals surface area (Å²) >= 11 is 0. The molecule has 1 atom stereocenters. The van der Waals surface area contributed by atoms with Gasteiger partial charge in [0.05, 0.1) is 12.3 Å². The lowest BCUT2D eigenvalue weighted by molar-refractivity contribution is -0.136. The highest BCUT2D eigenvalue weighted by Crippen LogP contribution is 2.27. The van der Waals surface area contributed by atoms with Gasteiger partial charge in [-0.25, -0.2) is 0 Å². The number of nitrogens with zero attached hydrogens (tertiary/aromatic N) is 1. The number of hydrogen-bond donors (Lipinski definition) is 2. The summed E-state index contributed by atoms with van der Waals surface area (Å²) in [7, 11) is 0. The van der Waals surface area contributed by atoms with Gasteiger partial charge in [-0.05, 0) is 42.2 Å². The number of rotatable bonds is 8.